The van der Waals surface area contributed by atoms with Crippen molar-refractivity contribution in [2.45, 2.75) is 113 Å². The molecule has 0 amide bonds. The molecule has 0 aromatic heterocycles. The Kier molecular flexibility index (Phi) is 87.3. The number of hydrogen-bond donors (Lipinski definition) is 0. The van der Waals surface area contributed by atoms with Crippen molar-refractivity contribution in [3.05, 3.63) is 0 Å². The van der Waals surface area contributed by atoms with E-state index in [1.165, 1.54) is 0 Å². The Labute approximate surface area is 127 Å². The summed E-state index contributed by atoms with van der Waals surface area (Å²) in [4.78, 5) is 0. The molecule has 0 spiro atoms. The third-order valence-corrected chi connectivity index (χ3v) is 0. The van der Waals surface area contributed by atoms with E-state index in [2.05, 4.69) is 55.4 Å². The van der Waals surface area contributed by atoms with Gasteiger partial charge in [-0.1, -0.05) is 113 Å². The van der Waals surface area contributed by atoms with Crippen LogP contribution >= 0.6 is 0 Å². The van der Waals surface area contributed by atoms with Gasteiger partial charge in [0.05, 0.1) is 0 Å². The van der Waals surface area contributed by atoms with E-state index in [4.69, 9.17) is 0 Å². The second-order valence-electron chi connectivity index (χ2n) is 6.00. The molecule has 0 aliphatic carbocycles. The summed E-state index contributed by atoms with van der Waals surface area (Å²) in [6.07, 6.45) is 0. The largest absolute Gasteiger partial charge is 0.0776 e. The van der Waals surface area contributed by atoms with Crippen LogP contribution in [0.25, 0.3) is 0 Å². The van der Waals surface area contributed by atoms with E-state index in [9.17, 15) is 0 Å². The molecule has 18 heavy (non-hydrogen) atoms. The monoisotopic (exact) mass is 274 g/mol. The maximum Gasteiger partial charge on any atom is 0 e. The van der Waals surface area contributed by atoms with Gasteiger partial charge in [0.15, 0.2) is 0 Å². The van der Waals surface area contributed by atoms with Crippen LogP contribution in [0.5, 0.6) is 0 Å². The summed E-state index contributed by atoms with van der Waals surface area (Å²) in [5, 5.41) is 0. The topological polar surface area (TPSA) is 0 Å². The minimum absolute atomic E-state index is 0. The molecular weight excluding hydrogens is 216 g/mol. The molecule has 0 bridgehead atoms. The molecule has 0 unspecified atom stereocenters. The highest BCUT2D eigenvalue weighted by Gasteiger charge is 1.96. The fraction of sp³-hybridized carbons (Fsp3) is 1.00. The summed E-state index contributed by atoms with van der Waals surface area (Å²) >= 11 is 0. The lowest BCUT2D eigenvalue weighted by molar-refractivity contribution is 0.469. The molecule has 0 nitrogen and oxygen atoms in total. The van der Waals surface area contributed by atoms with Crippen LogP contribution in [0.1, 0.15) is 116 Å². The second kappa shape index (κ2) is 30.2. The third-order valence-electron chi connectivity index (χ3n) is 0. The summed E-state index contributed by atoms with van der Waals surface area (Å²) in [5.41, 5.74) is 1.00. The zero-order chi connectivity index (χ0) is 13.0. The Hall–Kier alpha value is 0. The van der Waals surface area contributed by atoms with Crippen molar-refractivity contribution in [1.29, 1.82) is 0 Å². The van der Waals surface area contributed by atoms with Crippen LogP contribution in [0, 0.1) is 10.8 Å². The lowest BCUT2D eigenvalue weighted by Gasteiger charge is -2.05. The molecule has 0 heteroatoms. The van der Waals surface area contributed by atoms with Crippen LogP contribution in [0.15, 0.2) is 0 Å². The Balaban J connectivity index is -0.00000000806. The fourth-order valence-corrected chi connectivity index (χ4v) is 0. The van der Waals surface area contributed by atoms with E-state index in [-0.39, 0.29) is 32.6 Å². The van der Waals surface area contributed by atoms with Gasteiger partial charge in [-0.2, -0.15) is 0 Å². The maximum atomic E-state index is 2.19. The molecule has 0 aromatic rings. The second-order valence-corrected chi connectivity index (χ2v) is 6.00. The molecule has 0 aliphatic heterocycles. The van der Waals surface area contributed by atoms with Crippen LogP contribution < -0.4 is 0 Å². The van der Waals surface area contributed by atoms with Crippen molar-refractivity contribution < 1.29 is 2.85 Å². The Morgan fingerprint density at radius 3 is 0.389 bits per heavy atom. The van der Waals surface area contributed by atoms with Crippen LogP contribution in [0.2, 0.25) is 0 Å². The quantitative estimate of drug-likeness (QED) is 0.413. The average Bonchev–Trinajstić information content (AvgIpc) is 1.88. The van der Waals surface area contributed by atoms with Gasteiger partial charge in [-0.3, -0.25) is 0 Å². The predicted octanol–water partition coefficient (Wildman–Crippen LogP) is 9.19. The molecule has 0 aromatic carbocycles. The first-order chi connectivity index (χ1) is 6.00. The van der Waals surface area contributed by atoms with Gasteiger partial charge >= 0.3 is 0 Å². The van der Waals surface area contributed by atoms with Gasteiger partial charge in [-0.05, 0) is 10.8 Å². The van der Waals surface area contributed by atoms with Gasteiger partial charge in [0.25, 0.3) is 0 Å². The van der Waals surface area contributed by atoms with Crippen molar-refractivity contribution in [3.63, 3.8) is 0 Å². The van der Waals surface area contributed by atoms with Crippen LogP contribution in [0.4, 0.5) is 0 Å². The zero-order valence-electron chi connectivity index (χ0n) is 13.0. The third kappa shape index (κ3) is 0. The molecule has 0 N–H and O–H groups in total. The molecule has 0 rings (SSSR count). The van der Waals surface area contributed by atoms with E-state index < -0.39 is 0 Å². The minimum Gasteiger partial charge on any atom is -0.0776 e. The summed E-state index contributed by atoms with van der Waals surface area (Å²) in [6, 6.07) is 0. The lowest BCUT2D eigenvalue weighted by atomic mass is 10.0. The van der Waals surface area contributed by atoms with Crippen molar-refractivity contribution in [3.8, 4) is 0 Å². The fourth-order valence-electron chi connectivity index (χ4n) is 0. The molecule has 0 fully saturated rings. The molecule has 0 heterocycles. The highest BCUT2D eigenvalue weighted by molar-refractivity contribution is 4.47. The first-order valence-corrected chi connectivity index (χ1v) is 6.00. The van der Waals surface area contributed by atoms with Crippen LogP contribution in [-0.2, 0) is 0 Å². The van der Waals surface area contributed by atoms with Gasteiger partial charge in [0, 0.05) is 2.85 Å². The SMILES string of the molecule is C.C.C.C.CC.CC.CC(C)(C)C.CC(C)(C)C.[2HH].[2HH]. The molecular formula is C18H56. The molecule has 0 aliphatic rings. The smallest absolute Gasteiger partial charge is 0 e. The van der Waals surface area contributed by atoms with Gasteiger partial charge in [-0.25, -0.2) is 0 Å². The van der Waals surface area contributed by atoms with E-state index in [1.54, 1.807) is 0 Å². The molecule has 0 radical (unpaired) electrons. The van der Waals surface area contributed by atoms with E-state index in [0.717, 1.165) is 0 Å². The Bertz CT molecular complexity index is 52.4. The lowest BCUT2D eigenvalue weighted by Crippen LogP contribution is -1.93. The Morgan fingerprint density at radius 1 is 0.389 bits per heavy atom. The molecule has 0 saturated carbocycles. The first kappa shape index (κ1) is 52.0. The summed E-state index contributed by atoms with van der Waals surface area (Å²) in [5.74, 6) is 0. The van der Waals surface area contributed by atoms with Crippen LogP contribution in [0.3, 0.4) is 0 Å². The van der Waals surface area contributed by atoms with Gasteiger partial charge in [-0.15, -0.1) is 0 Å². The van der Waals surface area contributed by atoms with Crippen molar-refractivity contribution in [1.82, 2.24) is 0 Å². The van der Waals surface area contributed by atoms with E-state index >= 15 is 0 Å². The van der Waals surface area contributed by atoms with Gasteiger partial charge < -0.3 is 0 Å². The maximum absolute atomic E-state index is 2.19. The number of hydrogen-bond acceptors (Lipinski definition) is 0. The number of rotatable bonds is 0. The molecule has 0 atom stereocenters. The van der Waals surface area contributed by atoms with Gasteiger partial charge in [0.2, 0.25) is 0 Å². The first-order valence-electron chi connectivity index (χ1n) is 6.00. The molecule has 128 valence electrons. The highest BCUT2D eigenvalue weighted by Crippen LogP contribution is 2.08. The van der Waals surface area contributed by atoms with E-state index in [1.807, 2.05) is 27.7 Å². The normalized spacial score (nSPS) is 7.33. The highest BCUT2D eigenvalue weighted by atomic mass is 14.0. The average molecular weight is 275 g/mol. The van der Waals surface area contributed by atoms with Crippen LogP contribution in [-0.4, -0.2) is 0 Å². The summed E-state index contributed by atoms with van der Waals surface area (Å²) in [6.45, 7) is 25.5. The zero-order valence-corrected chi connectivity index (χ0v) is 13.0. The van der Waals surface area contributed by atoms with Crippen molar-refractivity contribution >= 4 is 0 Å². The van der Waals surface area contributed by atoms with E-state index in [0.29, 0.717) is 10.8 Å². The van der Waals surface area contributed by atoms with Gasteiger partial charge in [0.1, 0.15) is 0 Å². The summed E-state index contributed by atoms with van der Waals surface area (Å²) < 4.78 is 0. The predicted molar refractivity (Wildman–Crippen MR) is 104 cm³/mol. The standard InChI is InChI=1S/2C5H12.2C2H6.4CH4.2H2/c2*1-5(2,3)4;2*1-2;;;;;;/h2*1-4H3;2*1-2H3;4*1H4;2*1H/i;;;;;;;;2*1+1. The van der Waals surface area contributed by atoms with Crippen molar-refractivity contribution in [2.24, 2.45) is 10.8 Å². The minimum atomic E-state index is 0. The van der Waals surface area contributed by atoms with Crippen molar-refractivity contribution in [2.75, 3.05) is 0 Å². The Morgan fingerprint density at radius 2 is 0.389 bits per heavy atom. The summed E-state index contributed by atoms with van der Waals surface area (Å²) in [7, 11) is 0. The molecule has 0 saturated heterocycles.